The van der Waals surface area contributed by atoms with Crippen LogP contribution in [0, 0.1) is 88.8 Å². The SMILES string of the molecule is CC(C)CCCN1CCN(C)CC1.CC(C)CCN1CCCCC1.CC(C)CCOc1ccccc1.CC1CCC(C)CC1.CC1CCCCC1.CC1CCNCC1.CCC(CO)C(C)C.CCC(O)CC(C)C.CCCCC(C)C.CCCCCC(C)C.CCCCCCC(C)C.CCCCCCCC(C)C.CCCN(CCO)CCC(C)C. The van der Waals surface area contributed by atoms with Crippen LogP contribution in [0.25, 0.3) is 0 Å². The predicted octanol–water partition coefficient (Wildman–Crippen LogP) is 32.6. The maximum Gasteiger partial charge on any atom is 0.119 e. The number of aliphatic hydroxyl groups is 3. The van der Waals surface area contributed by atoms with Gasteiger partial charge in [-0.3, -0.25) is 0 Å². The lowest BCUT2D eigenvalue weighted by Gasteiger charge is -2.32. The van der Waals surface area contributed by atoms with Gasteiger partial charge in [0.1, 0.15) is 5.75 Å². The maximum absolute atomic E-state index is 9.03. The molecule has 0 spiro atoms. The molecule has 0 amide bonds. The fourth-order valence-electron chi connectivity index (χ4n) is 14.4. The third-order valence-corrected chi connectivity index (χ3v) is 23.8. The third kappa shape index (κ3) is 119. The van der Waals surface area contributed by atoms with E-state index in [1.54, 1.807) is 0 Å². The number of para-hydroxylation sites is 1. The first-order valence-corrected chi connectivity index (χ1v) is 53.1. The molecule has 5 aliphatic rings. The molecule has 0 bridgehead atoms. The van der Waals surface area contributed by atoms with Crippen LogP contribution in [0.15, 0.2) is 30.3 Å². The van der Waals surface area contributed by atoms with Crippen molar-refractivity contribution in [3.8, 4) is 5.75 Å². The van der Waals surface area contributed by atoms with Crippen LogP contribution in [-0.2, 0) is 0 Å². The number of likely N-dealkylation sites (tertiary alicyclic amines) is 1. The van der Waals surface area contributed by atoms with E-state index in [-0.39, 0.29) is 12.7 Å². The van der Waals surface area contributed by atoms with Crippen LogP contribution in [0.3, 0.4) is 0 Å². The second-order valence-electron chi connectivity index (χ2n) is 42.0. The molecule has 3 aliphatic heterocycles. The van der Waals surface area contributed by atoms with E-state index < -0.39 is 0 Å². The van der Waals surface area contributed by atoms with Gasteiger partial charge >= 0.3 is 0 Å². The van der Waals surface area contributed by atoms with Gasteiger partial charge in [-0.2, -0.15) is 0 Å². The molecule has 0 radical (unpaired) electrons. The highest BCUT2D eigenvalue weighted by Gasteiger charge is 2.16. The summed E-state index contributed by atoms with van der Waals surface area (Å²) in [6, 6.07) is 9.95. The van der Waals surface area contributed by atoms with Gasteiger partial charge in [0.05, 0.1) is 19.3 Å². The average molecular weight is 1700 g/mol. The van der Waals surface area contributed by atoms with Gasteiger partial charge in [0.2, 0.25) is 0 Å². The van der Waals surface area contributed by atoms with Crippen molar-refractivity contribution in [2.75, 3.05) is 112 Å². The molecule has 2 unspecified atom stereocenters. The fourth-order valence-corrected chi connectivity index (χ4v) is 14.4. The second kappa shape index (κ2) is 101. The first-order chi connectivity index (χ1) is 57.0. The summed E-state index contributed by atoms with van der Waals surface area (Å²) >= 11 is 0. The van der Waals surface area contributed by atoms with Crippen LogP contribution < -0.4 is 10.1 Å². The molecule has 6 rings (SSSR count). The summed E-state index contributed by atoms with van der Waals surface area (Å²) in [5, 5.41) is 29.8. The number of hydrogen-bond donors (Lipinski definition) is 4. The third-order valence-electron chi connectivity index (χ3n) is 23.8. The summed E-state index contributed by atoms with van der Waals surface area (Å²) in [7, 11) is 2.21. The number of nitrogens with zero attached hydrogens (tertiary/aromatic N) is 4. The number of likely N-dealkylation sites (N-methyl/N-ethyl adjacent to an activating group) is 1. The molecule has 9 heteroatoms. The molecule has 1 aromatic carbocycles. The fraction of sp³-hybridized carbons (Fsp3) is 0.946. The number of benzene rings is 1. The lowest BCUT2D eigenvalue weighted by molar-refractivity contribution is 0.145. The topological polar surface area (TPSA) is 94.9 Å². The van der Waals surface area contributed by atoms with Gasteiger partial charge in [-0.05, 0) is 237 Å². The van der Waals surface area contributed by atoms with E-state index in [9.17, 15) is 0 Å². The first-order valence-electron chi connectivity index (χ1n) is 53.1. The Kier molecular flexibility index (Phi) is 111. The number of hydrogen-bond acceptors (Lipinski definition) is 9. The molecule has 2 saturated carbocycles. The zero-order chi connectivity index (χ0) is 92.4. The molecule has 4 N–H and O–H groups in total. The number of ether oxygens (including phenoxy) is 1. The van der Waals surface area contributed by atoms with Crippen LogP contribution in [0.5, 0.6) is 5.75 Å². The van der Waals surface area contributed by atoms with Gasteiger partial charge in [-0.25, -0.2) is 0 Å². The minimum atomic E-state index is -0.0741. The number of nitrogens with one attached hydrogen (secondary N) is 1. The molecule has 3 saturated heterocycles. The molecule has 9 nitrogen and oxygen atoms in total. The lowest BCUT2D eigenvalue weighted by Crippen LogP contribution is -2.44. The highest BCUT2D eigenvalue weighted by atomic mass is 16.5. The number of piperazine rings is 1. The standard InChI is InChI=1S/C11H24N2.C11H16O.C10H23NO.C10H21N.C10H22.C9H20.C8H16.C8H18.2C7H16O.C7H14.C7H16.C6H13N/c1-11(2)5-4-6-13-9-7-12(3)8-10-13;1-10(2)8-9-12-11-6-4-3-5-7-11;1-4-6-11(8-9-12)7-5-10(2)3;1-10(2)6-9-11-7-4-3-5-8-11;1-4-5-6-7-8-9-10(2)3;1-4-5-6-7-8-9(2)3;1-7-3-5-8(2)6-4-7;1-4-5-6-7-8(2)3;1-4-7(5-8)6(2)3;1-4-7(8)5-6(2)3;1-7-5-3-2-4-6-7;1-4-5-6-7(2)3;1-6-2-4-7-5-3-6/h11H,4-10H2,1-3H3;3-7,10H,8-9H2,1-2H3;10,12H,4-9H2,1-3H3;10H,3-9H2,1-2H3;10H,4-9H2,1-3H3;9H,4-8H2,1-3H3;7-8H,3-6H2,1-2H3;8H,4-7H2,1-3H3;2*6-8H,4-5H2,1-3H3;7H,2-6H2,1H3;7H,4-6H2,1-3H3;6-7H,2-5H2,1H3. The Morgan fingerprint density at radius 2 is 0.767 bits per heavy atom. The Hall–Kier alpha value is -1.30. The van der Waals surface area contributed by atoms with Gasteiger partial charge in [-0.15, -0.1) is 0 Å². The van der Waals surface area contributed by atoms with Gasteiger partial charge < -0.3 is 45.0 Å². The zero-order valence-corrected chi connectivity index (χ0v) is 89.0. The van der Waals surface area contributed by atoms with Crippen molar-refractivity contribution in [1.29, 1.82) is 0 Å². The van der Waals surface area contributed by atoms with E-state index in [0.29, 0.717) is 30.3 Å². The zero-order valence-electron chi connectivity index (χ0n) is 89.0. The Balaban J connectivity index is -0.000000232. The molecule has 2 aliphatic carbocycles. The summed E-state index contributed by atoms with van der Waals surface area (Å²) in [6.45, 7) is 87.1. The number of aliphatic hydroxyl groups excluding tert-OH is 3. The lowest BCUT2D eigenvalue weighted by atomic mass is 9.84. The molecule has 3 heterocycles. The molecule has 1 aromatic rings. The molecule has 0 aromatic heterocycles. The van der Waals surface area contributed by atoms with Gasteiger partial charge in [0, 0.05) is 39.3 Å². The van der Waals surface area contributed by atoms with Crippen LogP contribution in [0.2, 0.25) is 0 Å². The molecule has 728 valence electrons. The van der Waals surface area contributed by atoms with Crippen molar-refractivity contribution in [3.05, 3.63) is 30.3 Å². The second-order valence-corrected chi connectivity index (χ2v) is 42.0. The Morgan fingerprint density at radius 1 is 0.375 bits per heavy atom. The average Bonchev–Trinajstić information content (AvgIpc) is 0.927. The number of unbranched alkanes of at least 4 members (excludes halogenated alkanes) is 10. The number of rotatable bonds is 42. The first kappa shape index (κ1) is 132. The summed E-state index contributed by atoms with van der Waals surface area (Å²) in [5.41, 5.74) is 0. The Labute approximate surface area is 761 Å². The van der Waals surface area contributed by atoms with E-state index in [1.165, 1.54) is 303 Å². The van der Waals surface area contributed by atoms with E-state index in [4.69, 9.17) is 20.1 Å². The van der Waals surface area contributed by atoms with Crippen molar-refractivity contribution >= 4 is 0 Å². The van der Waals surface area contributed by atoms with Crippen molar-refractivity contribution in [2.24, 2.45) is 88.8 Å². The maximum atomic E-state index is 9.03. The summed E-state index contributed by atoms with van der Waals surface area (Å²) in [4.78, 5) is 9.96. The number of piperidine rings is 2. The highest BCUT2D eigenvalue weighted by Crippen LogP contribution is 2.28. The van der Waals surface area contributed by atoms with Crippen molar-refractivity contribution in [2.45, 2.75) is 484 Å². The van der Waals surface area contributed by atoms with Crippen molar-refractivity contribution in [3.63, 3.8) is 0 Å². The minimum absolute atomic E-state index is 0.0741. The van der Waals surface area contributed by atoms with E-state index in [0.717, 1.165) is 123 Å². The molecular weight excluding hydrogens is 1470 g/mol. The molecule has 2 atom stereocenters. The van der Waals surface area contributed by atoms with Crippen LogP contribution >= 0.6 is 0 Å². The van der Waals surface area contributed by atoms with Gasteiger partial charge in [-0.1, -0.05) is 419 Å². The largest absolute Gasteiger partial charge is 0.494 e. The quantitative estimate of drug-likeness (QED) is 0.0478. The van der Waals surface area contributed by atoms with Crippen LogP contribution in [-0.4, -0.2) is 153 Å². The van der Waals surface area contributed by atoms with Gasteiger partial charge in [0.15, 0.2) is 0 Å². The highest BCUT2D eigenvalue weighted by molar-refractivity contribution is 5.20. The van der Waals surface area contributed by atoms with Crippen molar-refractivity contribution < 1.29 is 20.1 Å². The molecular formula is C111H235N5O4. The predicted molar refractivity (Wildman–Crippen MR) is 549 cm³/mol. The normalized spacial score (nSPS) is 16.9. The summed E-state index contributed by atoms with van der Waals surface area (Å²) in [5.74, 6) is 13.6. The molecule has 120 heavy (non-hydrogen) atoms. The van der Waals surface area contributed by atoms with Gasteiger partial charge in [0.25, 0.3) is 0 Å². The van der Waals surface area contributed by atoms with E-state index >= 15 is 0 Å². The van der Waals surface area contributed by atoms with Crippen LogP contribution in [0.1, 0.15) is 478 Å². The van der Waals surface area contributed by atoms with Crippen molar-refractivity contribution in [1.82, 2.24) is 24.9 Å². The summed E-state index contributed by atoms with van der Waals surface area (Å²) < 4.78 is 5.52. The molecule has 5 fully saturated rings. The Bertz CT molecular complexity index is 1890. The smallest absolute Gasteiger partial charge is 0.119 e. The summed E-state index contributed by atoms with van der Waals surface area (Å²) in [6.07, 6.45) is 56.3. The van der Waals surface area contributed by atoms with Crippen LogP contribution in [0.4, 0.5) is 0 Å². The monoisotopic (exact) mass is 1700 g/mol. The van der Waals surface area contributed by atoms with E-state index in [1.807, 2.05) is 37.3 Å². The Morgan fingerprint density at radius 3 is 1.11 bits per heavy atom. The van der Waals surface area contributed by atoms with E-state index in [2.05, 4.69) is 240 Å². The minimum Gasteiger partial charge on any atom is -0.494 e.